The third kappa shape index (κ3) is 4.28. The number of carbonyl (C=O) groups excluding carboxylic acids is 2. The number of halogens is 1. The molecule has 2 N–H and O–H groups in total. The number of aryl methyl sites for hydroxylation is 1. The topological polar surface area (TPSA) is 67.4 Å². The number of hydrogen-bond donors (Lipinski definition) is 2. The summed E-state index contributed by atoms with van der Waals surface area (Å²) in [6.07, 6.45) is 1.24. The van der Waals surface area contributed by atoms with Gasteiger partial charge in [-0.3, -0.25) is 9.59 Å². The third-order valence-electron chi connectivity index (χ3n) is 5.26. The second-order valence-corrected chi connectivity index (χ2v) is 7.96. The van der Waals surface area contributed by atoms with Crippen molar-refractivity contribution in [2.75, 3.05) is 25.1 Å². The minimum Gasteiger partial charge on any atom is -0.381 e. The van der Waals surface area contributed by atoms with Crippen LogP contribution >= 0.6 is 15.9 Å². The molecule has 2 aromatic rings. The van der Waals surface area contributed by atoms with E-state index in [9.17, 15) is 9.59 Å². The lowest BCUT2D eigenvalue weighted by atomic mass is 9.73. The Morgan fingerprint density at radius 3 is 2.43 bits per heavy atom. The number of rotatable bonds is 5. The molecule has 0 atom stereocenters. The van der Waals surface area contributed by atoms with E-state index in [0.717, 1.165) is 15.6 Å². The molecule has 1 aliphatic rings. The Hall–Kier alpha value is -2.18. The highest BCUT2D eigenvalue weighted by molar-refractivity contribution is 9.10. The first kappa shape index (κ1) is 20.6. The summed E-state index contributed by atoms with van der Waals surface area (Å²) in [5.74, 6) is -0.207. The lowest BCUT2D eigenvalue weighted by molar-refractivity contribution is -0.125. The van der Waals surface area contributed by atoms with Gasteiger partial charge < -0.3 is 15.4 Å². The summed E-state index contributed by atoms with van der Waals surface area (Å²) in [4.78, 5) is 25.6. The fourth-order valence-corrected chi connectivity index (χ4v) is 3.80. The molecule has 0 spiro atoms. The molecule has 1 aliphatic heterocycles. The van der Waals surface area contributed by atoms with Gasteiger partial charge in [-0.2, -0.15) is 0 Å². The van der Waals surface area contributed by atoms with Crippen LogP contribution in [0.1, 0.15) is 41.3 Å². The SMILES string of the molecule is CCNC(=O)c1ccc(C)c(NC(=O)C2(c3ccc(Br)cc3)CCOCC2)c1. The zero-order valence-electron chi connectivity index (χ0n) is 16.2. The molecule has 0 saturated carbocycles. The quantitative estimate of drug-likeness (QED) is 0.725. The van der Waals surface area contributed by atoms with Crippen LogP contribution in [0.15, 0.2) is 46.9 Å². The van der Waals surface area contributed by atoms with E-state index in [1.165, 1.54) is 0 Å². The molecular formula is C22H25BrN2O3. The molecule has 0 aromatic heterocycles. The van der Waals surface area contributed by atoms with Crippen molar-refractivity contribution in [3.05, 3.63) is 63.6 Å². The van der Waals surface area contributed by atoms with Crippen molar-refractivity contribution in [1.29, 1.82) is 0 Å². The van der Waals surface area contributed by atoms with E-state index in [2.05, 4.69) is 26.6 Å². The molecule has 6 heteroatoms. The van der Waals surface area contributed by atoms with Crippen molar-refractivity contribution >= 4 is 33.4 Å². The number of benzene rings is 2. The highest BCUT2D eigenvalue weighted by Gasteiger charge is 2.41. The number of nitrogens with one attached hydrogen (secondary N) is 2. The van der Waals surface area contributed by atoms with E-state index in [0.29, 0.717) is 43.9 Å². The summed E-state index contributed by atoms with van der Waals surface area (Å²) in [7, 11) is 0. The van der Waals surface area contributed by atoms with Gasteiger partial charge in [0.2, 0.25) is 5.91 Å². The lowest BCUT2D eigenvalue weighted by Crippen LogP contribution is -2.45. The number of anilines is 1. The van der Waals surface area contributed by atoms with Crippen molar-refractivity contribution in [3.8, 4) is 0 Å². The van der Waals surface area contributed by atoms with Crippen LogP contribution in [-0.2, 0) is 14.9 Å². The Morgan fingerprint density at radius 2 is 1.79 bits per heavy atom. The Labute approximate surface area is 174 Å². The van der Waals surface area contributed by atoms with E-state index in [1.807, 2.05) is 44.2 Å². The molecule has 0 unspecified atom stereocenters. The van der Waals surface area contributed by atoms with Gasteiger partial charge in [0, 0.05) is 35.5 Å². The second-order valence-electron chi connectivity index (χ2n) is 7.04. The summed E-state index contributed by atoms with van der Waals surface area (Å²) < 4.78 is 6.51. The smallest absolute Gasteiger partial charge is 0.251 e. The molecule has 3 rings (SSSR count). The summed E-state index contributed by atoms with van der Waals surface area (Å²) in [6.45, 7) is 5.44. The molecule has 2 amide bonds. The number of hydrogen-bond acceptors (Lipinski definition) is 3. The minimum atomic E-state index is -0.646. The maximum atomic E-state index is 13.5. The summed E-state index contributed by atoms with van der Waals surface area (Å²) in [5.41, 5.74) is 2.45. The molecule has 1 fully saturated rings. The van der Waals surface area contributed by atoms with Gasteiger partial charge in [0.05, 0.1) is 5.41 Å². The first-order chi connectivity index (χ1) is 13.5. The Balaban J connectivity index is 1.91. The van der Waals surface area contributed by atoms with Crippen molar-refractivity contribution in [2.45, 2.75) is 32.1 Å². The molecule has 0 radical (unpaired) electrons. The van der Waals surface area contributed by atoms with Gasteiger partial charge in [-0.25, -0.2) is 0 Å². The standard InChI is InChI=1S/C22H25BrN2O3/c1-3-24-20(26)16-5-4-15(2)19(14-16)25-21(27)22(10-12-28-13-11-22)17-6-8-18(23)9-7-17/h4-9,14H,3,10-13H2,1-2H3,(H,24,26)(H,25,27). The lowest BCUT2D eigenvalue weighted by Gasteiger charge is -2.36. The Bertz CT molecular complexity index is 859. The fourth-order valence-electron chi connectivity index (χ4n) is 3.54. The second kappa shape index (κ2) is 8.88. The van der Waals surface area contributed by atoms with Crippen LogP contribution in [0.3, 0.4) is 0 Å². The normalized spacial score (nSPS) is 15.7. The van der Waals surface area contributed by atoms with Crippen LogP contribution in [0.4, 0.5) is 5.69 Å². The van der Waals surface area contributed by atoms with Gasteiger partial charge in [0.25, 0.3) is 5.91 Å². The third-order valence-corrected chi connectivity index (χ3v) is 5.79. The fraction of sp³-hybridized carbons (Fsp3) is 0.364. The predicted molar refractivity (Wildman–Crippen MR) is 114 cm³/mol. The average molecular weight is 445 g/mol. The van der Waals surface area contributed by atoms with Gasteiger partial charge in [-0.1, -0.05) is 34.1 Å². The van der Waals surface area contributed by atoms with Gasteiger partial charge >= 0.3 is 0 Å². The summed E-state index contributed by atoms with van der Waals surface area (Å²) in [5, 5.41) is 5.88. The van der Waals surface area contributed by atoms with E-state index >= 15 is 0 Å². The molecule has 2 aromatic carbocycles. The van der Waals surface area contributed by atoms with Crippen LogP contribution in [-0.4, -0.2) is 31.6 Å². The van der Waals surface area contributed by atoms with E-state index < -0.39 is 5.41 Å². The molecule has 28 heavy (non-hydrogen) atoms. The highest BCUT2D eigenvalue weighted by Crippen LogP contribution is 2.37. The van der Waals surface area contributed by atoms with Gasteiger partial charge in [-0.15, -0.1) is 0 Å². The maximum absolute atomic E-state index is 13.5. The van der Waals surface area contributed by atoms with Crippen LogP contribution in [0, 0.1) is 6.92 Å². The number of ether oxygens (including phenoxy) is 1. The van der Waals surface area contributed by atoms with Crippen LogP contribution < -0.4 is 10.6 Å². The first-order valence-corrected chi connectivity index (χ1v) is 10.3. The number of carbonyl (C=O) groups is 2. The van der Waals surface area contributed by atoms with E-state index in [4.69, 9.17) is 4.74 Å². The van der Waals surface area contributed by atoms with Gasteiger partial charge in [0.1, 0.15) is 0 Å². The van der Waals surface area contributed by atoms with Crippen LogP contribution in [0.25, 0.3) is 0 Å². The predicted octanol–water partition coefficient (Wildman–Crippen LogP) is 4.19. The minimum absolute atomic E-state index is 0.0609. The summed E-state index contributed by atoms with van der Waals surface area (Å²) >= 11 is 3.46. The Morgan fingerprint density at radius 1 is 1.11 bits per heavy atom. The molecule has 0 aliphatic carbocycles. The van der Waals surface area contributed by atoms with E-state index in [-0.39, 0.29) is 11.8 Å². The first-order valence-electron chi connectivity index (χ1n) is 9.50. The molecule has 1 saturated heterocycles. The van der Waals surface area contributed by atoms with Crippen molar-refractivity contribution in [2.24, 2.45) is 0 Å². The van der Waals surface area contributed by atoms with Crippen molar-refractivity contribution in [3.63, 3.8) is 0 Å². The van der Waals surface area contributed by atoms with Crippen LogP contribution in [0.5, 0.6) is 0 Å². The largest absolute Gasteiger partial charge is 0.381 e. The summed E-state index contributed by atoms with van der Waals surface area (Å²) in [6, 6.07) is 13.3. The van der Waals surface area contributed by atoms with Crippen molar-refractivity contribution < 1.29 is 14.3 Å². The van der Waals surface area contributed by atoms with Gasteiger partial charge in [-0.05, 0) is 62.1 Å². The molecule has 148 valence electrons. The monoisotopic (exact) mass is 444 g/mol. The molecule has 1 heterocycles. The number of amides is 2. The van der Waals surface area contributed by atoms with Crippen LogP contribution in [0.2, 0.25) is 0 Å². The zero-order chi connectivity index (χ0) is 20.1. The maximum Gasteiger partial charge on any atom is 0.251 e. The molecule has 0 bridgehead atoms. The molecular weight excluding hydrogens is 420 g/mol. The van der Waals surface area contributed by atoms with Crippen molar-refractivity contribution in [1.82, 2.24) is 5.32 Å². The highest BCUT2D eigenvalue weighted by atomic mass is 79.9. The van der Waals surface area contributed by atoms with E-state index in [1.54, 1.807) is 12.1 Å². The van der Waals surface area contributed by atoms with Gasteiger partial charge in [0.15, 0.2) is 0 Å². The Kier molecular flexibility index (Phi) is 6.52. The molecule has 5 nitrogen and oxygen atoms in total. The zero-order valence-corrected chi connectivity index (χ0v) is 17.8. The average Bonchev–Trinajstić information content (AvgIpc) is 2.70.